The number of ether oxygens (including phenoxy) is 2. The third-order valence-electron chi connectivity index (χ3n) is 5.83. The van der Waals surface area contributed by atoms with Gasteiger partial charge in [0.05, 0.1) is 36.7 Å². The Morgan fingerprint density at radius 1 is 1.03 bits per heavy atom. The zero-order valence-corrected chi connectivity index (χ0v) is 19.8. The van der Waals surface area contributed by atoms with Crippen molar-refractivity contribution in [1.29, 1.82) is 0 Å². The van der Waals surface area contributed by atoms with Crippen LogP contribution in [0.25, 0.3) is 16.6 Å². The highest BCUT2D eigenvalue weighted by Crippen LogP contribution is 2.30. The maximum atomic E-state index is 13.3. The third kappa shape index (κ3) is 4.00. The number of carbonyl (C=O) groups is 1. The van der Waals surface area contributed by atoms with Crippen LogP contribution in [0.5, 0.6) is 11.5 Å². The summed E-state index contributed by atoms with van der Waals surface area (Å²) in [6, 6.07) is 14.2. The minimum absolute atomic E-state index is 0.210. The second kappa shape index (κ2) is 9.38. The van der Waals surface area contributed by atoms with Crippen LogP contribution in [0.2, 0.25) is 0 Å². The van der Waals surface area contributed by atoms with E-state index in [4.69, 9.17) is 9.47 Å². The van der Waals surface area contributed by atoms with Crippen LogP contribution in [-0.2, 0) is 11.3 Å². The Bertz CT molecular complexity index is 1410. The number of methoxy groups -OCH3 is 2. The van der Waals surface area contributed by atoms with Gasteiger partial charge in [0.2, 0.25) is 5.91 Å². The molecule has 1 N–H and O–H groups in total. The van der Waals surface area contributed by atoms with E-state index in [1.165, 1.54) is 4.68 Å². The number of rotatable bonds is 7. The molecule has 0 aliphatic rings. The molecule has 34 heavy (non-hydrogen) atoms. The van der Waals surface area contributed by atoms with Gasteiger partial charge in [-0.3, -0.25) is 9.59 Å². The number of para-hydroxylation sites is 2. The Labute approximate surface area is 196 Å². The molecule has 0 aliphatic heterocycles. The van der Waals surface area contributed by atoms with E-state index < -0.39 is 11.6 Å². The van der Waals surface area contributed by atoms with E-state index in [2.05, 4.69) is 15.5 Å². The van der Waals surface area contributed by atoms with Gasteiger partial charge in [-0.25, -0.2) is 9.36 Å². The van der Waals surface area contributed by atoms with Crippen molar-refractivity contribution < 1.29 is 14.3 Å². The summed E-state index contributed by atoms with van der Waals surface area (Å²) in [6.45, 7) is 5.56. The predicted octanol–water partition coefficient (Wildman–Crippen LogP) is 3.09. The van der Waals surface area contributed by atoms with Crippen LogP contribution >= 0.6 is 0 Å². The van der Waals surface area contributed by atoms with E-state index in [1.54, 1.807) is 31.9 Å². The number of amides is 1. The summed E-state index contributed by atoms with van der Waals surface area (Å²) < 4.78 is 13.7. The van der Waals surface area contributed by atoms with Gasteiger partial charge in [-0.1, -0.05) is 30.3 Å². The lowest BCUT2D eigenvalue weighted by atomic mass is 10.1. The van der Waals surface area contributed by atoms with Crippen molar-refractivity contribution in [1.82, 2.24) is 24.9 Å². The van der Waals surface area contributed by atoms with Crippen LogP contribution in [0.15, 0.2) is 53.3 Å². The molecule has 0 saturated carbocycles. The first-order chi connectivity index (χ1) is 16.4. The van der Waals surface area contributed by atoms with Crippen molar-refractivity contribution in [2.75, 3.05) is 14.2 Å². The molecule has 0 aliphatic carbocycles. The van der Waals surface area contributed by atoms with Crippen molar-refractivity contribution in [3.05, 3.63) is 75.8 Å². The maximum absolute atomic E-state index is 13.3. The molecular formula is C25H27N5O4. The highest BCUT2D eigenvalue weighted by molar-refractivity contribution is 5.84. The molecule has 0 radical (unpaired) electrons. The summed E-state index contributed by atoms with van der Waals surface area (Å²) in [5.74, 6) is 0.774. The van der Waals surface area contributed by atoms with E-state index in [1.807, 2.05) is 56.3 Å². The first-order valence-electron chi connectivity index (χ1n) is 10.9. The topological polar surface area (TPSA) is 100 Å². The molecule has 1 amide bonds. The summed E-state index contributed by atoms with van der Waals surface area (Å²) >= 11 is 0. The molecule has 9 heteroatoms. The van der Waals surface area contributed by atoms with Gasteiger partial charge in [0.1, 0.15) is 6.04 Å². The minimum atomic E-state index is -0.839. The lowest BCUT2D eigenvalue weighted by molar-refractivity contribution is -0.124. The number of hydrogen-bond donors (Lipinski definition) is 1. The fraction of sp³-hybridized carbons (Fsp3) is 0.280. The highest BCUT2D eigenvalue weighted by Gasteiger charge is 2.23. The Hall–Kier alpha value is -4.14. The largest absolute Gasteiger partial charge is 0.493 e. The fourth-order valence-corrected chi connectivity index (χ4v) is 4.07. The van der Waals surface area contributed by atoms with Crippen LogP contribution < -0.4 is 20.3 Å². The molecule has 1 unspecified atom stereocenters. The predicted molar refractivity (Wildman–Crippen MR) is 129 cm³/mol. The van der Waals surface area contributed by atoms with E-state index >= 15 is 0 Å². The van der Waals surface area contributed by atoms with Crippen LogP contribution in [0.1, 0.15) is 29.9 Å². The van der Waals surface area contributed by atoms with Gasteiger partial charge < -0.3 is 14.8 Å². The fourth-order valence-electron chi connectivity index (χ4n) is 4.07. The van der Waals surface area contributed by atoms with Crippen molar-refractivity contribution in [2.24, 2.45) is 0 Å². The van der Waals surface area contributed by atoms with E-state index in [0.717, 1.165) is 16.9 Å². The summed E-state index contributed by atoms with van der Waals surface area (Å²) in [6.07, 6.45) is 0. The summed E-state index contributed by atoms with van der Waals surface area (Å²) in [5.41, 5.74) is 2.91. The molecular weight excluding hydrogens is 434 g/mol. The summed E-state index contributed by atoms with van der Waals surface area (Å²) in [7, 11) is 3.10. The Morgan fingerprint density at radius 2 is 1.76 bits per heavy atom. The summed E-state index contributed by atoms with van der Waals surface area (Å²) in [5, 5.41) is 12.6. The second-order valence-corrected chi connectivity index (χ2v) is 7.94. The molecule has 2 aromatic heterocycles. The van der Waals surface area contributed by atoms with Crippen LogP contribution in [0, 0.1) is 13.8 Å². The molecule has 4 aromatic rings. The minimum Gasteiger partial charge on any atom is -0.493 e. The van der Waals surface area contributed by atoms with Gasteiger partial charge in [0.15, 0.2) is 17.0 Å². The number of carbonyl (C=O) groups excluding carboxylic acids is 1. The number of nitrogens with zero attached hydrogens (tertiary/aromatic N) is 4. The smallest absolute Gasteiger partial charge is 0.295 e. The molecule has 2 aromatic carbocycles. The number of aromatic nitrogens is 4. The first kappa shape index (κ1) is 23.0. The highest BCUT2D eigenvalue weighted by atomic mass is 16.5. The Morgan fingerprint density at radius 3 is 2.44 bits per heavy atom. The average molecular weight is 462 g/mol. The second-order valence-electron chi connectivity index (χ2n) is 7.94. The standard InChI is InChI=1S/C25H27N5O4/c1-15-21-16(2)29(19-11-7-6-8-12-19)28-22(21)25(32)30(27-15)17(3)24(31)26-14-18-10-9-13-20(33-4)23(18)34-5/h6-13,17H,14H2,1-5H3,(H,26,31). The molecule has 0 fully saturated rings. The monoisotopic (exact) mass is 461 g/mol. The molecule has 9 nitrogen and oxygen atoms in total. The number of fused-ring (bicyclic) bond motifs is 1. The number of hydrogen-bond acceptors (Lipinski definition) is 6. The Kier molecular flexibility index (Phi) is 6.36. The molecule has 0 spiro atoms. The number of aryl methyl sites for hydroxylation is 2. The molecule has 1 atom stereocenters. The van der Waals surface area contributed by atoms with E-state index in [0.29, 0.717) is 22.6 Å². The normalized spacial score (nSPS) is 11.9. The van der Waals surface area contributed by atoms with E-state index in [-0.39, 0.29) is 18.0 Å². The molecule has 4 rings (SSSR count). The van der Waals surface area contributed by atoms with Crippen molar-refractivity contribution in [3.8, 4) is 17.2 Å². The van der Waals surface area contributed by atoms with Crippen molar-refractivity contribution in [2.45, 2.75) is 33.4 Å². The molecule has 0 bridgehead atoms. The van der Waals surface area contributed by atoms with Gasteiger partial charge >= 0.3 is 0 Å². The molecule has 0 saturated heterocycles. The van der Waals surface area contributed by atoms with Crippen molar-refractivity contribution in [3.63, 3.8) is 0 Å². The van der Waals surface area contributed by atoms with Gasteiger partial charge in [0.25, 0.3) is 5.56 Å². The van der Waals surface area contributed by atoms with Crippen LogP contribution in [-0.4, -0.2) is 39.7 Å². The lowest BCUT2D eigenvalue weighted by Gasteiger charge is -2.16. The van der Waals surface area contributed by atoms with Gasteiger partial charge in [-0.2, -0.15) is 10.2 Å². The number of benzene rings is 2. The molecule has 176 valence electrons. The van der Waals surface area contributed by atoms with E-state index in [9.17, 15) is 9.59 Å². The quantitative estimate of drug-likeness (QED) is 0.454. The lowest BCUT2D eigenvalue weighted by Crippen LogP contribution is -2.37. The van der Waals surface area contributed by atoms with Gasteiger partial charge in [0, 0.05) is 12.1 Å². The number of nitrogens with one attached hydrogen (secondary N) is 1. The van der Waals surface area contributed by atoms with Gasteiger partial charge in [-0.05, 0) is 39.0 Å². The third-order valence-corrected chi connectivity index (χ3v) is 5.83. The SMILES string of the molecule is COc1cccc(CNC(=O)C(C)n2nc(C)c3c(C)n(-c4ccccc4)nc3c2=O)c1OC. The Balaban J connectivity index is 1.64. The zero-order valence-electron chi connectivity index (χ0n) is 19.8. The van der Waals surface area contributed by atoms with Crippen molar-refractivity contribution >= 4 is 16.8 Å². The summed E-state index contributed by atoms with van der Waals surface area (Å²) in [4.78, 5) is 26.2. The first-order valence-corrected chi connectivity index (χ1v) is 10.9. The zero-order chi connectivity index (χ0) is 24.4. The maximum Gasteiger partial charge on any atom is 0.295 e. The molecule has 2 heterocycles. The average Bonchev–Trinajstić information content (AvgIpc) is 3.22. The van der Waals surface area contributed by atoms with Crippen LogP contribution in [0.4, 0.5) is 0 Å². The van der Waals surface area contributed by atoms with Gasteiger partial charge in [-0.15, -0.1) is 0 Å². The van der Waals surface area contributed by atoms with Crippen LogP contribution in [0.3, 0.4) is 0 Å².